The van der Waals surface area contributed by atoms with Gasteiger partial charge in [-0.3, -0.25) is 4.90 Å². The van der Waals surface area contributed by atoms with Gasteiger partial charge in [0.15, 0.2) is 0 Å². The molecule has 0 atom stereocenters. The first kappa shape index (κ1) is 19.0. The summed E-state index contributed by atoms with van der Waals surface area (Å²) in [5.41, 5.74) is 3.95. The summed E-state index contributed by atoms with van der Waals surface area (Å²) < 4.78 is 7.47. The van der Waals surface area contributed by atoms with Crippen LogP contribution in [0.15, 0.2) is 54.7 Å². The average Bonchev–Trinajstić information content (AvgIpc) is 3.06. The van der Waals surface area contributed by atoms with Crippen LogP contribution in [0.25, 0.3) is 10.9 Å². The highest BCUT2D eigenvalue weighted by atomic mass is 16.5. The first-order valence-electron chi connectivity index (χ1n) is 10.1. The second kappa shape index (κ2) is 7.98. The van der Waals surface area contributed by atoms with Crippen LogP contribution in [0.1, 0.15) is 24.0 Å². The maximum Gasteiger partial charge on any atom is 0.118 e. The van der Waals surface area contributed by atoms with E-state index in [2.05, 4.69) is 59.1 Å². The van der Waals surface area contributed by atoms with E-state index in [4.69, 9.17) is 4.74 Å². The Hall–Kier alpha value is -2.30. The number of aryl methyl sites for hydroxylation is 1. The van der Waals surface area contributed by atoms with E-state index < -0.39 is 0 Å². The predicted octanol–water partition coefficient (Wildman–Crippen LogP) is 4.00. The highest BCUT2D eigenvalue weighted by Crippen LogP contribution is 2.36. The number of fused-ring (bicyclic) bond motifs is 1. The Morgan fingerprint density at radius 3 is 2.43 bits per heavy atom. The Balaban J connectivity index is 1.42. The van der Waals surface area contributed by atoms with Gasteiger partial charge in [-0.05, 0) is 67.1 Å². The zero-order chi connectivity index (χ0) is 19.6. The number of likely N-dealkylation sites (tertiary alicyclic amines) is 1. The third-order valence-corrected chi connectivity index (χ3v) is 6.36. The first-order valence-corrected chi connectivity index (χ1v) is 10.1. The van der Waals surface area contributed by atoms with Crippen molar-refractivity contribution in [2.75, 3.05) is 26.8 Å². The number of methoxy groups -OCH3 is 1. The predicted molar refractivity (Wildman–Crippen MR) is 114 cm³/mol. The topological polar surface area (TPSA) is 37.6 Å². The van der Waals surface area contributed by atoms with Gasteiger partial charge < -0.3 is 14.4 Å². The lowest BCUT2D eigenvalue weighted by Gasteiger charge is -2.41. The fourth-order valence-corrected chi connectivity index (χ4v) is 4.55. The molecule has 1 aliphatic rings. The molecule has 3 aromatic rings. The molecule has 1 aromatic heterocycles. The van der Waals surface area contributed by atoms with Crippen LogP contribution in [0.4, 0.5) is 0 Å². The molecule has 1 N–H and O–H groups in total. The van der Waals surface area contributed by atoms with Gasteiger partial charge >= 0.3 is 0 Å². The van der Waals surface area contributed by atoms with Crippen LogP contribution in [0.2, 0.25) is 0 Å². The standard InChI is InChI=1S/C24H30N2O2/c1-25-16-20(22-5-3-4-6-23(22)25)17-26-13-11-24(18-27,12-14-26)15-19-7-9-21(28-2)10-8-19/h3-10,16,27H,11-15,17-18H2,1-2H3. The quantitative estimate of drug-likeness (QED) is 0.704. The van der Waals surface area contributed by atoms with Gasteiger partial charge in [-0.25, -0.2) is 0 Å². The monoisotopic (exact) mass is 378 g/mol. The molecule has 0 unspecified atom stereocenters. The molecule has 2 aromatic carbocycles. The number of nitrogens with zero attached hydrogens (tertiary/aromatic N) is 2. The molecular weight excluding hydrogens is 348 g/mol. The van der Waals surface area contributed by atoms with Crippen LogP contribution in [0, 0.1) is 5.41 Å². The Kier molecular flexibility index (Phi) is 5.42. The van der Waals surface area contributed by atoms with Crippen LogP contribution >= 0.6 is 0 Å². The molecule has 4 nitrogen and oxygen atoms in total. The Morgan fingerprint density at radius 2 is 1.75 bits per heavy atom. The van der Waals surface area contributed by atoms with Crippen LogP contribution in [0.5, 0.6) is 5.75 Å². The first-order chi connectivity index (χ1) is 13.6. The van der Waals surface area contributed by atoms with E-state index >= 15 is 0 Å². The Morgan fingerprint density at radius 1 is 1.04 bits per heavy atom. The van der Waals surface area contributed by atoms with Crippen molar-refractivity contribution in [1.82, 2.24) is 9.47 Å². The number of aliphatic hydroxyl groups excluding tert-OH is 1. The molecule has 0 saturated carbocycles. The number of para-hydroxylation sites is 1. The van der Waals surface area contributed by atoms with Gasteiger partial charge in [-0.1, -0.05) is 30.3 Å². The molecule has 2 heterocycles. The number of aliphatic hydroxyl groups is 1. The van der Waals surface area contributed by atoms with E-state index in [1.165, 1.54) is 22.0 Å². The smallest absolute Gasteiger partial charge is 0.118 e. The van der Waals surface area contributed by atoms with Crippen molar-refractivity contribution in [2.45, 2.75) is 25.8 Å². The zero-order valence-electron chi connectivity index (χ0n) is 16.9. The third-order valence-electron chi connectivity index (χ3n) is 6.36. The highest BCUT2D eigenvalue weighted by molar-refractivity contribution is 5.83. The number of hydrogen-bond donors (Lipinski definition) is 1. The number of piperidine rings is 1. The number of rotatable bonds is 6. The minimum atomic E-state index is -0.0101. The zero-order valence-corrected chi connectivity index (χ0v) is 16.9. The lowest BCUT2D eigenvalue weighted by Crippen LogP contribution is -2.42. The minimum Gasteiger partial charge on any atom is -0.497 e. The Labute approximate surface area is 167 Å². The van der Waals surface area contributed by atoms with Gasteiger partial charge in [0.05, 0.1) is 7.11 Å². The molecule has 0 spiro atoms. The number of aromatic nitrogens is 1. The van der Waals surface area contributed by atoms with Crippen molar-refractivity contribution in [3.05, 3.63) is 65.9 Å². The molecule has 148 valence electrons. The van der Waals surface area contributed by atoms with E-state index in [0.717, 1.165) is 44.6 Å². The molecule has 4 rings (SSSR count). The normalized spacial score (nSPS) is 17.1. The largest absolute Gasteiger partial charge is 0.497 e. The number of benzene rings is 2. The summed E-state index contributed by atoms with van der Waals surface area (Å²) >= 11 is 0. The van der Waals surface area contributed by atoms with E-state index in [9.17, 15) is 5.11 Å². The maximum atomic E-state index is 10.2. The van der Waals surface area contributed by atoms with Crippen LogP contribution in [-0.2, 0) is 20.0 Å². The molecule has 1 saturated heterocycles. The van der Waals surface area contributed by atoms with Crippen molar-refractivity contribution < 1.29 is 9.84 Å². The van der Waals surface area contributed by atoms with Crippen LogP contribution < -0.4 is 4.74 Å². The summed E-state index contributed by atoms with van der Waals surface area (Å²) in [6.07, 6.45) is 5.24. The minimum absolute atomic E-state index is 0.0101. The summed E-state index contributed by atoms with van der Waals surface area (Å²) in [6.45, 7) is 3.28. The van der Waals surface area contributed by atoms with Crippen LogP contribution in [-0.4, -0.2) is 41.4 Å². The van der Waals surface area contributed by atoms with Crippen molar-refractivity contribution in [2.24, 2.45) is 12.5 Å². The lowest BCUT2D eigenvalue weighted by molar-refractivity contribution is 0.0415. The molecule has 0 bridgehead atoms. The van der Waals surface area contributed by atoms with Crippen LogP contribution in [0.3, 0.4) is 0 Å². The van der Waals surface area contributed by atoms with Gasteiger partial charge in [0, 0.05) is 37.3 Å². The summed E-state index contributed by atoms with van der Waals surface area (Å²) in [5.74, 6) is 0.881. The molecule has 0 radical (unpaired) electrons. The van der Waals surface area contributed by atoms with Crippen molar-refractivity contribution in [1.29, 1.82) is 0 Å². The molecule has 28 heavy (non-hydrogen) atoms. The van der Waals surface area contributed by atoms with Crippen molar-refractivity contribution in [3.8, 4) is 5.75 Å². The second-order valence-corrected chi connectivity index (χ2v) is 8.24. The number of hydrogen-bond acceptors (Lipinski definition) is 3. The van der Waals surface area contributed by atoms with Gasteiger partial charge in [0.2, 0.25) is 0 Å². The van der Waals surface area contributed by atoms with Crippen molar-refractivity contribution in [3.63, 3.8) is 0 Å². The molecule has 0 aliphatic carbocycles. The van der Waals surface area contributed by atoms with Gasteiger partial charge in [0.25, 0.3) is 0 Å². The summed E-state index contributed by atoms with van der Waals surface area (Å²) in [5, 5.41) is 11.5. The fourth-order valence-electron chi connectivity index (χ4n) is 4.55. The number of ether oxygens (including phenoxy) is 1. The molecular formula is C24H30N2O2. The van der Waals surface area contributed by atoms with Gasteiger partial charge in [-0.15, -0.1) is 0 Å². The lowest BCUT2D eigenvalue weighted by atomic mass is 9.74. The molecule has 1 fully saturated rings. The van der Waals surface area contributed by atoms with Gasteiger partial charge in [0.1, 0.15) is 5.75 Å². The summed E-state index contributed by atoms with van der Waals surface area (Å²) in [4.78, 5) is 2.53. The third kappa shape index (κ3) is 3.80. The second-order valence-electron chi connectivity index (χ2n) is 8.24. The Bertz CT molecular complexity index is 921. The van der Waals surface area contributed by atoms with E-state index in [1.807, 2.05) is 12.1 Å². The highest BCUT2D eigenvalue weighted by Gasteiger charge is 2.34. The molecule has 1 aliphatic heterocycles. The van der Waals surface area contributed by atoms with E-state index in [-0.39, 0.29) is 12.0 Å². The fraction of sp³-hybridized carbons (Fsp3) is 0.417. The maximum absolute atomic E-state index is 10.2. The summed E-state index contributed by atoms with van der Waals surface area (Å²) in [6, 6.07) is 16.9. The van der Waals surface area contributed by atoms with E-state index in [1.54, 1.807) is 7.11 Å². The SMILES string of the molecule is COc1ccc(CC2(CO)CCN(Cc3cn(C)c4ccccc34)CC2)cc1. The molecule has 4 heteroatoms. The average molecular weight is 379 g/mol. The van der Waals surface area contributed by atoms with Gasteiger partial charge in [-0.2, -0.15) is 0 Å². The van der Waals surface area contributed by atoms with E-state index in [0.29, 0.717) is 0 Å². The van der Waals surface area contributed by atoms with Crippen molar-refractivity contribution >= 4 is 10.9 Å². The molecule has 0 amide bonds. The summed E-state index contributed by atoms with van der Waals surface area (Å²) in [7, 11) is 3.81.